The van der Waals surface area contributed by atoms with E-state index in [1.807, 2.05) is 33.8 Å². The lowest BCUT2D eigenvalue weighted by Crippen LogP contribution is -2.69. The third-order valence-corrected chi connectivity index (χ3v) is 9.37. The molecule has 1 saturated carbocycles. The minimum atomic E-state index is -1.36. The topological polar surface area (TPSA) is 124 Å². The molecule has 1 aliphatic heterocycles. The highest BCUT2D eigenvalue weighted by Gasteiger charge is 2.75. The SMILES string of the molecule is C=C/C(C)=C\C[C@]1(C)[C@H](C)[C@@H](OC(=O)CCC)[C@H](OC(C)=O)[C@@]23C(=C[C@H](OC)C[C@@H]12)[C@@H](OC(=O)CCC)O[C@@H]3OC(C)=O. The fraction of sp³-hybridized carbons (Fsp3) is 0.697. The van der Waals surface area contributed by atoms with Gasteiger partial charge in [-0.2, -0.15) is 0 Å². The largest absolute Gasteiger partial charge is 0.458 e. The van der Waals surface area contributed by atoms with Crippen molar-refractivity contribution in [3.63, 3.8) is 0 Å². The highest BCUT2D eigenvalue weighted by molar-refractivity contribution is 5.71. The molecule has 0 radical (unpaired) electrons. The zero-order chi connectivity index (χ0) is 32.1. The summed E-state index contributed by atoms with van der Waals surface area (Å²) in [6.07, 6.45) is 3.07. The molecule has 0 aromatic rings. The van der Waals surface area contributed by atoms with E-state index in [1.165, 1.54) is 13.8 Å². The Bertz CT molecular complexity index is 1140. The quantitative estimate of drug-likeness (QED) is 0.125. The number of carbonyl (C=O) groups is 4. The predicted octanol–water partition coefficient (Wildman–Crippen LogP) is 5.34. The van der Waals surface area contributed by atoms with Crippen LogP contribution in [0.2, 0.25) is 0 Å². The first kappa shape index (κ1) is 34.5. The molecular weight excluding hydrogens is 556 g/mol. The third kappa shape index (κ3) is 6.75. The molecule has 0 amide bonds. The van der Waals surface area contributed by atoms with E-state index in [0.717, 1.165) is 5.57 Å². The second kappa shape index (κ2) is 14.2. The number of allylic oxidation sites excluding steroid dienone is 3. The van der Waals surface area contributed by atoms with Crippen molar-refractivity contribution in [2.75, 3.05) is 7.11 Å². The molecule has 240 valence electrons. The van der Waals surface area contributed by atoms with Crippen LogP contribution >= 0.6 is 0 Å². The standard InChI is InChI=1S/C33H48O10/c1-10-13-26(36)41-28-20(5)32(8,16-15-19(4)12-3)25-18-23(38-9)17-24-30(42-27(37)14-11-2)43-31(40-22(7)35)33(24,25)29(28)39-21(6)34/h12,15,17,20,23,25,28-31H,3,10-11,13-14,16,18H2,1-2,4-9H3/b19-15-/t20-,23+,25+,28-,29+,30+,31+,32-,33-/m1/s1. The number of ether oxygens (including phenoxy) is 6. The van der Waals surface area contributed by atoms with Crippen LogP contribution in [-0.4, -0.2) is 61.9 Å². The van der Waals surface area contributed by atoms with Crippen LogP contribution < -0.4 is 0 Å². The number of hydrogen-bond donors (Lipinski definition) is 0. The van der Waals surface area contributed by atoms with Crippen molar-refractivity contribution in [3.05, 3.63) is 36.0 Å². The Morgan fingerprint density at radius 2 is 1.60 bits per heavy atom. The molecule has 0 unspecified atom stereocenters. The monoisotopic (exact) mass is 604 g/mol. The van der Waals surface area contributed by atoms with Gasteiger partial charge in [0.05, 0.1) is 6.10 Å². The fourth-order valence-corrected chi connectivity index (χ4v) is 7.09. The minimum absolute atomic E-state index is 0.153. The van der Waals surface area contributed by atoms with Gasteiger partial charge in [-0.15, -0.1) is 0 Å². The molecule has 3 rings (SSSR count). The lowest BCUT2D eigenvalue weighted by Gasteiger charge is -2.62. The van der Waals surface area contributed by atoms with E-state index >= 15 is 0 Å². The summed E-state index contributed by atoms with van der Waals surface area (Å²) in [7, 11) is 1.59. The Hall–Kier alpha value is -2.98. The molecule has 0 aromatic carbocycles. The summed E-state index contributed by atoms with van der Waals surface area (Å²) < 4.78 is 36.2. The number of methoxy groups -OCH3 is 1. The molecule has 0 bridgehead atoms. The van der Waals surface area contributed by atoms with Crippen LogP contribution in [0.4, 0.5) is 0 Å². The van der Waals surface area contributed by atoms with Gasteiger partial charge in [0, 0.05) is 45.3 Å². The van der Waals surface area contributed by atoms with Gasteiger partial charge in [0.2, 0.25) is 12.6 Å². The summed E-state index contributed by atoms with van der Waals surface area (Å²) in [6, 6.07) is 0. The second-order valence-electron chi connectivity index (χ2n) is 12.2. The second-order valence-corrected chi connectivity index (χ2v) is 12.2. The summed E-state index contributed by atoms with van der Waals surface area (Å²) in [5, 5.41) is 0. The molecule has 1 heterocycles. The van der Waals surface area contributed by atoms with Crippen molar-refractivity contribution < 1.29 is 47.6 Å². The third-order valence-electron chi connectivity index (χ3n) is 9.37. The Kier molecular flexibility index (Phi) is 11.4. The van der Waals surface area contributed by atoms with Gasteiger partial charge in [-0.05, 0) is 50.0 Å². The predicted molar refractivity (Wildman–Crippen MR) is 157 cm³/mol. The van der Waals surface area contributed by atoms with Gasteiger partial charge < -0.3 is 23.7 Å². The van der Waals surface area contributed by atoms with Gasteiger partial charge in [0.1, 0.15) is 11.5 Å². The van der Waals surface area contributed by atoms with Crippen molar-refractivity contribution in [1.29, 1.82) is 0 Å². The Morgan fingerprint density at radius 3 is 2.14 bits per heavy atom. The fourth-order valence-electron chi connectivity index (χ4n) is 7.09. The van der Waals surface area contributed by atoms with E-state index in [1.54, 1.807) is 13.2 Å². The van der Waals surface area contributed by atoms with E-state index in [4.69, 9.17) is 28.4 Å². The molecular formula is C33H48O10. The van der Waals surface area contributed by atoms with Gasteiger partial charge in [-0.3, -0.25) is 23.9 Å². The van der Waals surface area contributed by atoms with Gasteiger partial charge in [0.15, 0.2) is 6.10 Å². The average molecular weight is 605 g/mol. The van der Waals surface area contributed by atoms with Crippen LogP contribution in [0.5, 0.6) is 0 Å². The van der Waals surface area contributed by atoms with E-state index in [-0.39, 0.29) is 18.8 Å². The Balaban J connectivity index is 2.39. The van der Waals surface area contributed by atoms with Gasteiger partial charge in [-0.1, -0.05) is 52.0 Å². The van der Waals surface area contributed by atoms with Crippen molar-refractivity contribution in [3.8, 4) is 0 Å². The normalized spacial score (nSPS) is 35.1. The Labute approximate surface area is 255 Å². The van der Waals surface area contributed by atoms with E-state index in [2.05, 4.69) is 19.6 Å². The van der Waals surface area contributed by atoms with Crippen LogP contribution in [-0.2, 0) is 47.6 Å². The molecule has 3 aliphatic rings. The summed E-state index contributed by atoms with van der Waals surface area (Å²) in [5.41, 5.74) is -0.572. The number of rotatable bonds is 12. The molecule has 2 aliphatic carbocycles. The average Bonchev–Trinajstić information content (AvgIpc) is 3.23. The van der Waals surface area contributed by atoms with Crippen LogP contribution in [0.1, 0.15) is 87.0 Å². The first-order valence-corrected chi connectivity index (χ1v) is 15.2. The first-order chi connectivity index (χ1) is 20.3. The lowest BCUT2D eigenvalue weighted by atomic mass is 9.44. The maximum Gasteiger partial charge on any atom is 0.308 e. The molecule has 2 fully saturated rings. The molecule has 1 saturated heterocycles. The smallest absolute Gasteiger partial charge is 0.308 e. The first-order valence-electron chi connectivity index (χ1n) is 15.2. The van der Waals surface area contributed by atoms with Crippen molar-refractivity contribution in [2.45, 2.75) is 118 Å². The van der Waals surface area contributed by atoms with E-state index in [9.17, 15) is 19.2 Å². The number of hydrogen-bond acceptors (Lipinski definition) is 10. The van der Waals surface area contributed by atoms with E-state index in [0.29, 0.717) is 31.3 Å². The summed E-state index contributed by atoms with van der Waals surface area (Å²) in [4.78, 5) is 51.3. The van der Waals surface area contributed by atoms with Gasteiger partial charge in [-0.25, -0.2) is 0 Å². The van der Waals surface area contributed by atoms with Crippen molar-refractivity contribution in [2.24, 2.45) is 22.7 Å². The molecule has 10 nitrogen and oxygen atoms in total. The molecule has 9 atom stereocenters. The van der Waals surface area contributed by atoms with E-state index < -0.39 is 71.5 Å². The van der Waals surface area contributed by atoms with Crippen LogP contribution in [0.15, 0.2) is 36.0 Å². The van der Waals surface area contributed by atoms with Crippen molar-refractivity contribution in [1.82, 2.24) is 0 Å². The van der Waals surface area contributed by atoms with Crippen LogP contribution in [0.25, 0.3) is 0 Å². The highest BCUT2D eigenvalue weighted by atomic mass is 16.8. The maximum atomic E-state index is 13.1. The minimum Gasteiger partial charge on any atom is -0.458 e. The molecule has 0 aromatic heterocycles. The lowest BCUT2D eigenvalue weighted by molar-refractivity contribution is -0.279. The zero-order valence-electron chi connectivity index (χ0n) is 26.8. The van der Waals surface area contributed by atoms with Gasteiger partial charge >= 0.3 is 23.9 Å². The number of esters is 4. The van der Waals surface area contributed by atoms with Gasteiger partial charge in [0.25, 0.3) is 0 Å². The maximum absolute atomic E-state index is 13.1. The van der Waals surface area contributed by atoms with Crippen LogP contribution in [0.3, 0.4) is 0 Å². The highest BCUT2D eigenvalue weighted by Crippen LogP contribution is 2.68. The summed E-state index contributed by atoms with van der Waals surface area (Å²) in [5.74, 6) is -2.90. The van der Waals surface area contributed by atoms with Crippen molar-refractivity contribution >= 4 is 23.9 Å². The molecule has 10 heteroatoms. The summed E-state index contributed by atoms with van der Waals surface area (Å²) >= 11 is 0. The molecule has 1 spiro atoms. The number of carbonyl (C=O) groups excluding carboxylic acids is 4. The zero-order valence-corrected chi connectivity index (χ0v) is 26.8. The summed E-state index contributed by atoms with van der Waals surface area (Å²) in [6.45, 7) is 16.2. The Morgan fingerprint density at radius 1 is 1.00 bits per heavy atom. The van der Waals surface area contributed by atoms with Crippen LogP contribution in [0, 0.1) is 22.7 Å². The molecule has 0 N–H and O–H groups in total. The molecule has 43 heavy (non-hydrogen) atoms.